The van der Waals surface area contributed by atoms with Crippen LogP contribution in [0, 0.1) is 0 Å². The average Bonchev–Trinajstić information content (AvgIpc) is 3.29. The quantitative estimate of drug-likeness (QED) is 0.0258. The fraction of sp³-hybridized carbons (Fsp3) is 0.446. The van der Waals surface area contributed by atoms with Crippen molar-refractivity contribution in [3.05, 3.63) is 112 Å². The molecule has 0 spiro atoms. The number of aliphatic hydroxyl groups is 1. The Morgan fingerprint density at radius 2 is 0.766 bits per heavy atom. The summed E-state index contributed by atoms with van der Waals surface area (Å²) in [7, 11) is 0. The number of allylic oxidation sites excluding steroid dienone is 2. The van der Waals surface area contributed by atoms with Crippen molar-refractivity contribution in [1.82, 2.24) is 0 Å². The Hall–Kier alpha value is -5.63. The largest absolute Gasteiger partial charge is 0.510 e. The number of phenols is 4. The molecule has 4 aromatic carbocycles. The summed E-state index contributed by atoms with van der Waals surface area (Å²) >= 11 is 0. The molecule has 0 fully saturated rings. The summed E-state index contributed by atoms with van der Waals surface area (Å²) in [5.74, 6) is -2.43. The number of ketones is 1. The van der Waals surface area contributed by atoms with Crippen molar-refractivity contribution in [3.63, 3.8) is 0 Å². The molecule has 5 rings (SSSR count). The molecule has 0 saturated carbocycles. The Kier molecular flexibility index (Phi) is 20.7. The van der Waals surface area contributed by atoms with Crippen LogP contribution in [0.2, 0.25) is 0 Å². The molecule has 1 unspecified atom stereocenters. The minimum absolute atomic E-state index is 0.152. The number of hydrogen-bond acceptors (Lipinski definition) is 8. The third kappa shape index (κ3) is 15.3. The SMILES string of the molecule is CCCCCCCCCCCCOc1ccc(/C=C/c2cc(O)c(C3=C(O)C(c4c(O)cc(/C=C/c5ccc(OCCCCCCCCCCCC)cc5)cc4O)C3=O)c(O)c2)cc1. The van der Waals surface area contributed by atoms with Crippen LogP contribution in [0.4, 0.5) is 0 Å². The first-order valence-electron chi connectivity index (χ1n) is 24.1. The standard InChI is InChI=1S/C56H72O8/c1-3-5-7-9-11-13-15-17-19-21-35-63-45-31-27-41(28-32-45)23-25-43-37-47(57)51(48(58)38-43)53-55(61)54(56(53)62)52-49(59)39-44(40-50(52)60)26-24-42-29-33-46(34-30-42)64-36-22-20-18-16-14-12-10-8-6-4-2/h23-34,37-40,53,57-61H,3-22,35-36H2,1-2H3/b25-23+,26-24+. The van der Waals surface area contributed by atoms with E-state index in [-0.39, 0.29) is 28.2 Å². The van der Waals surface area contributed by atoms with Gasteiger partial charge in [0.25, 0.3) is 0 Å². The van der Waals surface area contributed by atoms with E-state index in [0.717, 1.165) is 35.5 Å². The van der Waals surface area contributed by atoms with Crippen molar-refractivity contribution < 1.29 is 39.8 Å². The normalized spacial score (nSPS) is 13.9. The molecule has 0 radical (unpaired) electrons. The first-order chi connectivity index (χ1) is 31.2. The van der Waals surface area contributed by atoms with Crippen molar-refractivity contribution in [2.75, 3.05) is 13.2 Å². The Balaban J connectivity index is 1.08. The summed E-state index contributed by atoms with van der Waals surface area (Å²) in [5, 5.41) is 54.8. The number of benzene rings is 4. The summed E-state index contributed by atoms with van der Waals surface area (Å²) in [6.45, 7) is 5.87. The highest BCUT2D eigenvalue weighted by Crippen LogP contribution is 2.52. The topological polar surface area (TPSA) is 137 Å². The smallest absolute Gasteiger partial charge is 0.182 e. The summed E-state index contributed by atoms with van der Waals surface area (Å²) < 4.78 is 11.9. The maximum atomic E-state index is 13.5. The first kappa shape index (κ1) is 49.4. The van der Waals surface area contributed by atoms with Crippen LogP contribution < -0.4 is 9.47 Å². The zero-order chi connectivity index (χ0) is 45.5. The highest BCUT2D eigenvalue weighted by atomic mass is 16.5. The third-order valence-electron chi connectivity index (χ3n) is 12.1. The molecule has 8 nitrogen and oxygen atoms in total. The number of hydrogen-bond donors (Lipinski definition) is 5. The van der Waals surface area contributed by atoms with Gasteiger partial charge < -0.3 is 35.0 Å². The molecule has 64 heavy (non-hydrogen) atoms. The lowest BCUT2D eigenvalue weighted by Gasteiger charge is -2.30. The van der Waals surface area contributed by atoms with Gasteiger partial charge >= 0.3 is 0 Å². The van der Waals surface area contributed by atoms with Gasteiger partial charge in [-0.3, -0.25) is 4.79 Å². The second kappa shape index (κ2) is 26.9. The molecule has 1 atom stereocenters. The number of unbranched alkanes of at least 4 members (excludes halogenated alkanes) is 18. The zero-order valence-corrected chi connectivity index (χ0v) is 38.3. The molecular formula is C56H72O8. The van der Waals surface area contributed by atoms with Crippen LogP contribution in [-0.4, -0.2) is 44.5 Å². The van der Waals surface area contributed by atoms with Gasteiger partial charge in [-0.25, -0.2) is 0 Å². The zero-order valence-electron chi connectivity index (χ0n) is 38.3. The highest BCUT2D eigenvalue weighted by Gasteiger charge is 2.46. The number of ether oxygens (including phenoxy) is 2. The highest BCUT2D eigenvalue weighted by molar-refractivity contribution is 6.33. The number of aromatic hydroxyl groups is 4. The van der Waals surface area contributed by atoms with E-state index < -0.39 is 29.0 Å². The number of phenolic OH excluding ortho intramolecular Hbond substituents is 4. The molecule has 1 aliphatic rings. The Labute approximate surface area is 382 Å². The minimum Gasteiger partial charge on any atom is -0.510 e. The van der Waals surface area contributed by atoms with Gasteiger partial charge in [-0.15, -0.1) is 0 Å². The molecule has 0 amide bonds. The van der Waals surface area contributed by atoms with Crippen molar-refractivity contribution in [2.24, 2.45) is 0 Å². The van der Waals surface area contributed by atoms with E-state index in [4.69, 9.17) is 9.47 Å². The van der Waals surface area contributed by atoms with Gasteiger partial charge in [0.05, 0.1) is 29.9 Å². The second-order valence-electron chi connectivity index (χ2n) is 17.3. The molecule has 0 saturated heterocycles. The van der Waals surface area contributed by atoms with Gasteiger partial charge in [0.15, 0.2) is 5.78 Å². The van der Waals surface area contributed by atoms with E-state index in [2.05, 4.69) is 13.8 Å². The van der Waals surface area contributed by atoms with E-state index in [1.165, 1.54) is 140 Å². The van der Waals surface area contributed by atoms with Crippen LogP contribution in [0.25, 0.3) is 29.9 Å². The summed E-state index contributed by atoms with van der Waals surface area (Å²) in [4.78, 5) is 13.5. The van der Waals surface area contributed by atoms with E-state index in [9.17, 15) is 30.3 Å². The number of rotatable bonds is 30. The molecule has 8 heteroatoms. The van der Waals surface area contributed by atoms with E-state index >= 15 is 0 Å². The van der Waals surface area contributed by atoms with Gasteiger partial charge in [-0.2, -0.15) is 0 Å². The van der Waals surface area contributed by atoms with Gasteiger partial charge in [-0.1, -0.05) is 178 Å². The molecule has 5 N–H and O–H groups in total. The third-order valence-corrected chi connectivity index (χ3v) is 12.1. The van der Waals surface area contributed by atoms with Gasteiger partial charge in [0, 0.05) is 0 Å². The van der Waals surface area contributed by atoms with Gasteiger partial charge in [0.2, 0.25) is 0 Å². The fourth-order valence-corrected chi connectivity index (χ4v) is 8.30. The van der Waals surface area contributed by atoms with E-state index in [0.29, 0.717) is 24.3 Å². The van der Waals surface area contributed by atoms with Gasteiger partial charge in [-0.05, 0) is 83.6 Å². The van der Waals surface area contributed by atoms with Crippen molar-refractivity contribution in [2.45, 2.75) is 148 Å². The maximum absolute atomic E-state index is 13.5. The number of carbonyl (C=O) groups excluding carboxylic acids is 1. The summed E-state index contributed by atoms with van der Waals surface area (Å²) in [6.07, 6.45) is 32.7. The van der Waals surface area contributed by atoms with Crippen LogP contribution in [0.3, 0.4) is 0 Å². The van der Waals surface area contributed by atoms with Crippen LogP contribution >= 0.6 is 0 Å². The molecule has 0 heterocycles. The van der Waals surface area contributed by atoms with Crippen molar-refractivity contribution >= 4 is 35.7 Å². The summed E-state index contributed by atoms with van der Waals surface area (Å²) in [5.41, 5.74) is 2.10. The molecule has 0 bridgehead atoms. The first-order valence-corrected chi connectivity index (χ1v) is 24.1. The summed E-state index contributed by atoms with van der Waals surface area (Å²) in [6, 6.07) is 21.0. The fourth-order valence-electron chi connectivity index (χ4n) is 8.30. The molecule has 344 valence electrons. The predicted molar refractivity (Wildman–Crippen MR) is 262 cm³/mol. The Morgan fingerprint density at radius 3 is 1.12 bits per heavy atom. The molecule has 0 aliphatic heterocycles. The van der Waals surface area contributed by atoms with E-state index in [1.54, 1.807) is 12.2 Å². The average molecular weight is 873 g/mol. The minimum atomic E-state index is -1.36. The Morgan fingerprint density at radius 1 is 0.438 bits per heavy atom. The number of Topliss-reactive ketones (excluding diaryl/α,β-unsaturated/α-hetero) is 1. The monoisotopic (exact) mass is 873 g/mol. The predicted octanol–water partition coefficient (Wildman–Crippen LogP) is 15.1. The van der Waals surface area contributed by atoms with Crippen molar-refractivity contribution in [1.29, 1.82) is 0 Å². The lowest BCUT2D eigenvalue weighted by molar-refractivity contribution is -0.116. The van der Waals surface area contributed by atoms with Crippen LogP contribution in [-0.2, 0) is 4.79 Å². The van der Waals surface area contributed by atoms with Crippen LogP contribution in [0.15, 0.2) is 78.6 Å². The number of aliphatic hydroxyl groups excluding tert-OH is 1. The van der Waals surface area contributed by atoms with E-state index in [1.807, 2.05) is 60.7 Å². The maximum Gasteiger partial charge on any atom is 0.182 e. The van der Waals surface area contributed by atoms with Crippen LogP contribution in [0.5, 0.6) is 34.5 Å². The van der Waals surface area contributed by atoms with Gasteiger partial charge in [0.1, 0.15) is 46.2 Å². The lowest BCUT2D eigenvalue weighted by Crippen LogP contribution is -2.28. The lowest BCUT2D eigenvalue weighted by atomic mass is 9.73. The molecular weight excluding hydrogens is 801 g/mol. The second-order valence-corrected chi connectivity index (χ2v) is 17.3. The van der Waals surface area contributed by atoms with Crippen LogP contribution in [0.1, 0.15) is 182 Å². The van der Waals surface area contributed by atoms with Crippen molar-refractivity contribution in [3.8, 4) is 34.5 Å². The molecule has 1 aliphatic carbocycles. The number of carbonyl (C=O) groups is 1. The molecule has 4 aromatic rings. The Bertz CT molecular complexity index is 2080. The molecule has 0 aromatic heterocycles.